The highest BCUT2D eigenvalue weighted by Crippen LogP contribution is 1.97. The predicted molar refractivity (Wildman–Crippen MR) is 67.3 cm³/mol. The van der Waals surface area contributed by atoms with Crippen LogP contribution in [0.5, 0.6) is 0 Å². The van der Waals surface area contributed by atoms with Gasteiger partial charge < -0.3 is 0 Å². The van der Waals surface area contributed by atoms with Crippen molar-refractivity contribution in [2.45, 2.75) is 39.3 Å². The fraction of sp³-hybridized carbons (Fsp3) is 0.545. The van der Waals surface area contributed by atoms with E-state index >= 15 is 0 Å². The molecule has 0 spiro atoms. The molecule has 0 bridgehead atoms. The molecular formula is C11H18OSi2. The molecule has 1 nitrogen and oxygen atoms in total. The number of hydrogen-bond donors (Lipinski definition) is 0. The van der Waals surface area contributed by atoms with E-state index in [1.165, 1.54) is 0 Å². The first-order chi connectivity index (χ1) is 6.10. The van der Waals surface area contributed by atoms with Crippen LogP contribution in [-0.2, 0) is 4.79 Å². The van der Waals surface area contributed by atoms with E-state index in [9.17, 15) is 4.79 Å². The van der Waals surface area contributed by atoms with E-state index in [1.54, 1.807) is 0 Å². The summed E-state index contributed by atoms with van der Waals surface area (Å²) in [5, 5.41) is 0. The number of carbonyl (C=O) groups is 1. The fourth-order valence-electron chi connectivity index (χ4n) is 0.520. The van der Waals surface area contributed by atoms with Gasteiger partial charge in [0.15, 0.2) is 0 Å². The molecule has 0 saturated heterocycles. The van der Waals surface area contributed by atoms with Crippen molar-refractivity contribution in [3.63, 3.8) is 0 Å². The van der Waals surface area contributed by atoms with Gasteiger partial charge in [-0.2, -0.15) is 0 Å². The third kappa shape index (κ3) is 9.31. The van der Waals surface area contributed by atoms with Crippen LogP contribution in [0.25, 0.3) is 0 Å². The molecule has 0 rings (SSSR count). The van der Waals surface area contributed by atoms with Crippen LogP contribution in [0.3, 0.4) is 0 Å². The topological polar surface area (TPSA) is 17.1 Å². The molecule has 0 aromatic carbocycles. The van der Waals surface area contributed by atoms with E-state index in [0.717, 1.165) is 0 Å². The molecule has 0 aliphatic rings. The minimum Gasteiger partial charge on any atom is -0.270 e. The molecule has 0 saturated carbocycles. The largest absolute Gasteiger partial charge is 0.277 e. The van der Waals surface area contributed by atoms with E-state index in [0.29, 0.717) is 0 Å². The van der Waals surface area contributed by atoms with Gasteiger partial charge in [0.05, 0.1) is 0 Å². The number of carbonyl (C=O) groups excluding carboxylic acids is 1. The molecule has 0 aliphatic heterocycles. The molecule has 14 heavy (non-hydrogen) atoms. The second-order valence-corrected chi connectivity index (χ2v) is 14.8. The summed E-state index contributed by atoms with van der Waals surface area (Å²) in [6.07, 6.45) is 0. The Bertz CT molecular complexity index is 300. The molecule has 0 aliphatic carbocycles. The van der Waals surface area contributed by atoms with Crippen molar-refractivity contribution >= 4 is 21.9 Å². The van der Waals surface area contributed by atoms with Gasteiger partial charge in [-0.15, -0.1) is 11.1 Å². The summed E-state index contributed by atoms with van der Waals surface area (Å²) in [5.41, 5.74) is 6.02. The van der Waals surface area contributed by atoms with E-state index in [4.69, 9.17) is 0 Å². The maximum atomic E-state index is 11.2. The summed E-state index contributed by atoms with van der Waals surface area (Å²) in [6, 6.07) is 0. The van der Waals surface area contributed by atoms with Crippen LogP contribution >= 0.6 is 0 Å². The lowest BCUT2D eigenvalue weighted by molar-refractivity contribution is -0.108. The molecule has 0 radical (unpaired) electrons. The predicted octanol–water partition coefficient (Wildman–Crippen LogP) is 2.32. The average Bonchev–Trinajstić information content (AvgIpc) is 1.94. The summed E-state index contributed by atoms with van der Waals surface area (Å²) in [5.74, 6) is 5.01. The maximum Gasteiger partial charge on any atom is 0.277 e. The van der Waals surface area contributed by atoms with Gasteiger partial charge in [0.2, 0.25) is 0 Å². The number of hydrogen-bond acceptors (Lipinski definition) is 1. The van der Waals surface area contributed by atoms with Crippen LogP contribution in [0.2, 0.25) is 39.3 Å². The first kappa shape index (κ1) is 13.2. The highest BCUT2D eigenvalue weighted by atomic mass is 28.3. The SMILES string of the molecule is C[Si](C)(C)C#CC(=O)C#C[Si](C)(C)C. The van der Waals surface area contributed by atoms with Gasteiger partial charge in [0.25, 0.3) is 5.78 Å². The summed E-state index contributed by atoms with van der Waals surface area (Å²) >= 11 is 0. The van der Waals surface area contributed by atoms with E-state index < -0.39 is 16.1 Å². The molecule has 0 atom stereocenters. The standard InChI is InChI=1S/C11H18OSi2/c1-13(2,3)9-7-11(12)8-10-14(4,5)6/h1-6H3. The smallest absolute Gasteiger partial charge is 0.270 e. The Morgan fingerprint density at radius 2 is 1.07 bits per heavy atom. The van der Waals surface area contributed by atoms with Crippen molar-refractivity contribution < 1.29 is 4.79 Å². The highest BCUT2D eigenvalue weighted by molar-refractivity contribution is 6.84. The second kappa shape index (κ2) is 4.64. The van der Waals surface area contributed by atoms with Gasteiger partial charge in [-0.05, 0) is 11.8 Å². The lowest BCUT2D eigenvalue weighted by Crippen LogP contribution is -2.18. The van der Waals surface area contributed by atoms with Crippen LogP contribution in [0.4, 0.5) is 0 Å². The van der Waals surface area contributed by atoms with Crippen molar-refractivity contribution in [3.8, 4) is 22.9 Å². The maximum absolute atomic E-state index is 11.2. The van der Waals surface area contributed by atoms with E-state index in [1.807, 2.05) is 0 Å². The molecule has 0 heterocycles. The van der Waals surface area contributed by atoms with Crippen LogP contribution < -0.4 is 0 Å². The van der Waals surface area contributed by atoms with Crippen molar-refractivity contribution in [2.75, 3.05) is 0 Å². The molecule has 0 fully saturated rings. The Morgan fingerprint density at radius 3 is 1.29 bits per heavy atom. The molecular weight excluding hydrogens is 204 g/mol. The van der Waals surface area contributed by atoms with Crippen molar-refractivity contribution in [1.29, 1.82) is 0 Å². The van der Waals surface area contributed by atoms with Gasteiger partial charge in [-0.1, -0.05) is 39.3 Å². The van der Waals surface area contributed by atoms with Gasteiger partial charge in [0.1, 0.15) is 16.1 Å². The zero-order chi connectivity index (χ0) is 11.4. The fourth-order valence-corrected chi connectivity index (χ4v) is 1.50. The van der Waals surface area contributed by atoms with Gasteiger partial charge in [0, 0.05) is 0 Å². The molecule has 0 N–H and O–H groups in total. The van der Waals surface area contributed by atoms with E-state index in [-0.39, 0.29) is 5.78 Å². The highest BCUT2D eigenvalue weighted by Gasteiger charge is 2.09. The van der Waals surface area contributed by atoms with Crippen molar-refractivity contribution in [2.24, 2.45) is 0 Å². The molecule has 0 amide bonds. The van der Waals surface area contributed by atoms with Crippen LogP contribution in [0, 0.1) is 22.9 Å². The monoisotopic (exact) mass is 222 g/mol. The number of Topliss-reactive ketones (excluding diaryl/α,β-unsaturated/α-hetero) is 1. The summed E-state index contributed by atoms with van der Waals surface area (Å²) in [4.78, 5) is 11.2. The zero-order valence-corrected chi connectivity index (χ0v) is 11.9. The Hall–Kier alpha value is -0.776. The zero-order valence-electron chi connectivity index (χ0n) is 9.91. The Kier molecular flexibility index (Phi) is 4.38. The minimum atomic E-state index is -1.43. The molecule has 0 aromatic rings. The summed E-state index contributed by atoms with van der Waals surface area (Å²) in [6.45, 7) is 12.7. The first-order valence-corrected chi connectivity index (χ1v) is 11.7. The summed E-state index contributed by atoms with van der Waals surface area (Å²) < 4.78 is 0. The molecule has 3 heteroatoms. The Morgan fingerprint density at radius 1 is 0.786 bits per heavy atom. The molecule has 0 aromatic heterocycles. The molecule has 0 unspecified atom stereocenters. The quantitative estimate of drug-likeness (QED) is 0.454. The Balaban J connectivity index is 4.51. The number of rotatable bonds is 0. The third-order valence-electron chi connectivity index (χ3n) is 1.10. The van der Waals surface area contributed by atoms with Crippen molar-refractivity contribution in [1.82, 2.24) is 0 Å². The first-order valence-electron chi connectivity index (χ1n) is 4.70. The normalized spacial score (nSPS) is 10.7. The van der Waals surface area contributed by atoms with Crippen LogP contribution in [0.15, 0.2) is 0 Å². The van der Waals surface area contributed by atoms with Gasteiger partial charge >= 0.3 is 0 Å². The second-order valence-electron chi connectivity index (χ2n) is 5.33. The average molecular weight is 222 g/mol. The van der Waals surface area contributed by atoms with Gasteiger partial charge in [-0.3, -0.25) is 4.79 Å². The molecule has 76 valence electrons. The van der Waals surface area contributed by atoms with Crippen molar-refractivity contribution in [3.05, 3.63) is 0 Å². The summed E-state index contributed by atoms with van der Waals surface area (Å²) in [7, 11) is -2.87. The Labute approximate surface area is 89.3 Å². The lowest BCUT2D eigenvalue weighted by Gasteiger charge is -2.03. The lowest BCUT2D eigenvalue weighted by atomic mass is 10.4. The van der Waals surface area contributed by atoms with Crippen LogP contribution in [-0.4, -0.2) is 21.9 Å². The number of ketones is 1. The third-order valence-corrected chi connectivity index (χ3v) is 2.85. The van der Waals surface area contributed by atoms with Gasteiger partial charge in [-0.25, -0.2) is 0 Å². The van der Waals surface area contributed by atoms with Crippen LogP contribution in [0.1, 0.15) is 0 Å². The van der Waals surface area contributed by atoms with E-state index in [2.05, 4.69) is 62.2 Å². The minimum absolute atomic E-state index is 0.227.